The van der Waals surface area contributed by atoms with E-state index in [0.29, 0.717) is 18.7 Å². The molecule has 0 saturated carbocycles. The van der Waals surface area contributed by atoms with Crippen molar-refractivity contribution in [2.45, 2.75) is 71.7 Å². The maximum Gasteiger partial charge on any atom is 0.123 e. The zero-order valence-electron chi connectivity index (χ0n) is 13.8. The molecule has 118 valence electrons. The Labute approximate surface area is 128 Å². The number of ether oxygens (including phenoxy) is 1. The zero-order valence-corrected chi connectivity index (χ0v) is 13.8. The minimum Gasteiger partial charge on any atom is -0.494 e. The summed E-state index contributed by atoms with van der Waals surface area (Å²) in [6, 6.07) is 7.28. The molecule has 0 bridgehead atoms. The molecule has 3 nitrogen and oxygen atoms in total. The van der Waals surface area contributed by atoms with Crippen LogP contribution in [-0.2, 0) is 6.54 Å². The molecule has 0 radical (unpaired) electrons. The van der Waals surface area contributed by atoms with Crippen molar-refractivity contribution < 1.29 is 9.84 Å². The van der Waals surface area contributed by atoms with E-state index in [0.717, 1.165) is 17.9 Å². The molecule has 1 N–H and O–H groups in total. The SMILES string of the molecule is CCOc1ccc(C(C)O)cc1CN1[C@H](C)CCC[C@@H]1C. The molecule has 1 fully saturated rings. The van der Waals surface area contributed by atoms with Crippen LogP contribution in [0.15, 0.2) is 18.2 Å². The number of piperidine rings is 1. The maximum absolute atomic E-state index is 9.82. The van der Waals surface area contributed by atoms with Crippen molar-refractivity contribution in [1.29, 1.82) is 0 Å². The Morgan fingerprint density at radius 3 is 2.52 bits per heavy atom. The number of rotatable bonds is 5. The molecule has 3 atom stereocenters. The molecule has 21 heavy (non-hydrogen) atoms. The van der Waals surface area contributed by atoms with E-state index in [-0.39, 0.29) is 0 Å². The third-order valence-corrected chi connectivity index (χ3v) is 4.60. The first-order valence-electron chi connectivity index (χ1n) is 8.22. The van der Waals surface area contributed by atoms with Crippen LogP contribution in [0, 0.1) is 0 Å². The fourth-order valence-corrected chi connectivity index (χ4v) is 3.26. The van der Waals surface area contributed by atoms with Crippen molar-refractivity contribution in [3.63, 3.8) is 0 Å². The first-order chi connectivity index (χ1) is 10.0. The minimum absolute atomic E-state index is 0.435. The van der Waals surface area contributed by atoms with Crippen molar-refractivity contribution in [2.75, 3.05) is 6.61 Å². The van der Waals surface area contributed by atoms with E-state index >= 15 is 0 Å². The van der Waals surface area contributed by atoms with Gasteiger partial charge >= 0.3 is 0 Å². The second kappa shape index (κ2) is 7.28. The van der Waals surface area contributed by atoms with E-state index in [1.807, 2.05) is 26.0 Å². The molecular weight excluding hydrogens is 262 g/mol. The summed E-state index contributed by atoms with van der Waals surface area (Å²) in [6.45, 7) is 10.0. The highest BCUT2D eigenvalue weighted by Gasteiger charge is 2.25. The fourth-order valence-electron chi connectivity index (χ4n) is 3.26. The molecule has 2 rings (SSSR count). The highest BCUT2D eigenvalue weighted by atomic mass is 16.5. The van der Waals surface area contributed by atoms with Crippen molar-refractivity contribution in [1.82, 2.24) is 4.90 Å². The lowest BCUT2D eigenvalue weighted by molar-refractivity contribution is 0.0939. The minimum atomic E-state index is -0.435. The van der Waals surface area contributed by atoms with Gasteiger partial charge < -0.3 is 9.84 Å². The van der Waals surface area contributed by atoms with Crippen LogP contribution in [0.2, 0.25) is 0 Å². The molecule has 1 aliphatic rings. The van der Waals surface area contributed by atoms with Gasteiger partial charge in [-0.1, -0.05) is 12.5 Å². The monoisotopic (exact) mass is 291 g/mol. The Balaban J connectivity index is 2.24. The molecule has 1 aromatic carbocycles. The van der Waals surface area contributed by atoms with E-state index in [4.69, 9.17) is 4.74 Å². The number of nitrogens with zero attached hydrogens (tertiary/aromatic N) is 1. The van der Waals surface area contributed by atoms with Crippen LogP contribution >= 0.6 is 0 Å². The number of benzene rings is 1. The highest BCUT2D eigenvalue weighted by molar-refractivity contribution is 5.38. The van der Waals surface area contributed by atoms with E-state index in [2.05, 4.69) is 24.8 Å². The van der Waals surface area contributed by atoms with Gasteiger partial charge in [-0.2, -0.15) is 0 Å². The molecular formula is C18H29NO2. The van der Waals surface area contributed by atoms with Crippen molar-refractivity contribution >= 4 is 0 Å². The predicted octanol–water partition coefficient (Wildman–Crippen LogP) is 3.90. The standard InChI is InChI=1S/C18H29NO2/c1-5-21-18-10-9-16(15(4)20)11-17(18)12-19-13(2)7-6-8-14(19)3/h9-11,13-15,20H,5-8,12H2,1-4H3/t13-,14+,15?. The Morgan fingerprint density at radius 1 is 1.29 bits per heavy atom. The second-order valence-corrected chi connectivity index (χ2v) is 6.28. The summed E-state index contributed by atoms with van der Waals surface area (Å²) in [5.41, 5.74) is 2.15. The van der Waals surface area contributed by atoms with E-state index in [1.54, 1.807) is 0 Å². The Bertz CT molecular complexity index is 449. The number of likely N-dealkylation sites (tertiary alicyclic amines) is 1. The Morgan fingerprint density at radius 2 is 1.95 bits per heavy atom. The van der Waals surface area contributed by atoms with Crippen LogP contribution in [0.3, 0.4) is 0 Å². The van der Waals surface area contributed by atoms with Crippen molar-refractivity contribution in [3.8, 4) is 5.75 Å². The highest BCUT2D eigenvalue weighted by Crippen LogP contribution is 2.29. The normalized spacial score (nSPS) is 24.8. The summed E-state index contributed by atoms with van der Waals surface area (Å²) in [4.78, 5) is 2.56. The molecule has 1 saturated heterocycles. The fraction of sp³-hybridized carbons (Fsp3) is 0.667. The Kier molecular flexibility index (Phi) is 5.65. The average molecular weight is 291 g/mol. The number of hydrogen-bond acceptors (Lipinski definition) is 3. The lowest BCUT2D eigenvalue weighted by Gasteiger charge is -2.39. The number of aliphatic hydroxyl groups is 1. The van der Waals surface area contributed by atoms with Gasteiger partial charge in [-0.15, -0.1) is 0 Å². The van der Waals surface area contributed by atoms with Gasteiger partial charge in [-0.25, -0.2) is 0 Å². The summed E-state index contributed by atoms with van der Waals surface area (Å²) in [5.74, 6) is 0.951. The lowest BCUT2D eigenvalue weighted by Crippen LogP contribution is -2.43. The van der Waals surface area contributed by atoms with Gasteiger partial charge in [0.2, 0.25) is 0 Å². The molecule has 1 unspecified atom stereocenters. The van der Waals surface area contributed by atoms with Gasteiger partial charge in [0.1, 0.15) is 5.75 Å². The molecule has 1 aliphatic heterocycles. The van der Waals surface area contributed by atoms with Gasteiger partial charge in [0.25, 0.3) is 0 Å². The van der Waals surface area contributed by atoms with Gasteiger partial charge in [0, 0.05) is 24.2 Å². The molecule has 3 heteroatoms. The largest absolute Gasteiger partial charge is 0.494 e. The van der Waals surface area contributed by atoms with Crippen molar-refractivity contribution in [3.05, 3.63) is 29.3 Å². The van der Waals surface area contributed by atoms with Crippen LogP contribution in [0.5, 0.6) is 5.75 Å². The van der Waals surface area contributed by atoms with E-state index in [1.165, 1.54) is 24.8 Å². The van der Waals surface area contributed by atoms with Gasteiger partial charge in [0.05, 0.1) is 12.7 Å². The summed E-state index contributed by atoms with van der Waals surface area (Å²) < 4.78 is 5.78. The predicted molar refractivity (Wildman–Crippen MR) is 86.6 cm³/mol. The molecule has 1 aromatic rings. The van der Waals surface area contributed by atoms with E-state index < -0.39 is 6.10 Å². The number of aliphatic hydroxyl groups excluding tert-OH is 1. The third kappa shape index (κ3) is 3.98. The zero-order chi connectivity index (χ0) is 15.4. The number of hydrogen-bond donors (Lipinski definition) is 1. The average Bonchev–Trinajstić information content (AvgIpc) is 2.44. The molecule has 0 aromatic heterocycles. The van der Waals surface area contributed by atoms with Crippen LogP contribution in [0.1, 0.15) is 64.2 Å². The van der Waals surface area contributed by atoms with Crippen LogP contribution < -0.4 is 4.74 Å². The summed E-state index contributed by atoms with van der Waals surface area (Å²) >= 11 is 0. The molecule has 0 amide bonds. The van der Waals surface area contributed by atoms with Gasteiger partial charge in [-0.05, 0) is 58.2 Å². The van der Waals surface area contributed by atoms with Gasteiger partial charge in [0.15, 0.2) is 0 Å². The topological polar surface area (TPSA) is 32.7 Å². The quantitative estimate of drug-likeness (QED) is 0.893. The van der Waals surface area contributed by atoms with Crippen LogP contribution in [0.25, 0.3) is 0 Å². The summed E-state index contributed by atoms with van der Waals surface area (Å²) in [7, 11) is 0. The lowest BCUT2D eigenvalue weighted by atomic mass is 9.96. The molecule has 0 spiro atoms. The first-order valence-corrected chi connectivity index (χ1v) is 8.22. The van der Waals surface area contributed by atoms with E-state index in [9.17, 15) is 5.11 Å². The maximum atomic E-state index is 9.82. The summed E-state index contributed by atoms with van der Waals surface area (Å²) in [6.07, 6.45) is 3.43. The Hall–Kier alpha value is -1.06. The van der Waals surface area contributed by atoms with Crippen molar-refractivity contribution in [2.24, 2.45) is 0 Å². The smallest absolute Gasteiger partial charge is 0.123 e. The van der Waals surface area contributed by atoms with Crippen LogP contribution in [-0.4, -0.2) is 28.7 Å². The molecule has 0 aliphatic carbocycles. The summed E-state index contributed by atoms with van der Waals surface area (Å²) in [5, 5.41) is 9.82. The third-order valence-electron chi connectivity index (χ3n) is 4.60. The first kappa shape index (κ1) is 16.3. The van der Waals surface area contributed by atoms with Gasteiger partial charge in [-0.3, -0.25) is 4.90 Å². The van der Waals surface area contributed by atoms with Crippen LogP contribution in [0.4, 0.5) is 0 Å². The molecule has 1 heterocycles. The second-order valence-electron chi connectivity index (χ2n) is 6.28.